The van der Waals surface area contributed by atoms with E-state index in [4.69, 9.17) is 4.52 Å². The first-order chi connectivity index (χ1) is 13.3. The van der Waals surface area contributed by atoms with E-state index in [1.54, 1.807) is 18.2 Å². The van der Waals surface area contributed by atoms with Crippen LogP contribution in [0.4, 0.5) is 13.2 Å². The van der Waals surface area contributed by atoms with Gasteiger partial charge in [-0.3, -0.25) is 9.59 Å². The number of rotatable bonds is 6. The van der Waals surface area contributed by atoms with E-state index in [9.17, 15) is 22.8 Å². The van der Waals surface area contributed by atoms with Crippen LogP contribution in [0.25, 0.3) is 11.0 Å². The van der Waals surface area contributed by atoms with Crippen molar-refractivity contribution in [3.05, 3.63) is 65.4 Å². The fraction of sp³-hybridized carbons (Fsp3) is 0.211. The Balaban J connectivity index is 1.43. The SMILES string of the molecule is O=C(Cc1noc2ccccc12)NCCNC(=O)c1ccc(C(F)(F)F)cc1. The predicted molar refractivity (Wildman–Crippen MR) is 94.5 cm³/mol. The fourth-order valence-electron chi connectivity index (χ4n) is 2.57. The smallest absolute Gasteiger partial charge is 0.356 e. The number of nitrogens with zero attached hydrogens (tertiary/aromatic N) is 1. The average molecular weight is 391 g/mol. The van der Waals surface area contributed by atoms with Crippen molar-refractivity contribution >= 4 is 22.8 Å². The second-order valence-corrected chi connectivity index (χ2v) is 5.98. The highest BCUT2D eigenvalue weighted by atomic mass is 19.4. The van der Waals surface area contributed by atoms with Crippen LogP contribution in [0.3, 0.4) is 0 Å². The van der Waals surface area contributed by atoms with Crippen LogP contribution in [0.15, 0.2) is 53.1 Å². The van der Waals surface area contributed by atoms with E-state index in [-0.39, 0.29) is 31.0 Å². The topological polar surface area (TPSA) is 84.2 Å². The summed E-state index contributed by atoms with van der Waals surface area (Å²) >= 11 is 0. The van der Waals surface area contributed by atoms with Gasteiger partial charge in [-0.15, -0.1) is 0 Å². The van der Waals surface area contributed by atoms with Crippen molar-refractivity contribution in [2.24, 2.45) is 0 Å². The minimum atomic E-state index is -4.45. The van der Waals surface area contributed by atoms with E-state index in [1.807, 2.05) is 6.07 Å². The lowest BCUT2D eigenvalue weighted by Gasteiger charge is -2.09. The van der Waals surface area contributed by atoms with Crippen LogP contribution in [0.1, 0.15) is 21.6 Å². The number of alkyl halides is 3. The molecule has 0 saturated heterocycles. The number of para-hydroxylation sites is 1. The van der Waals surface area contributed by atoms with Crippen molar-refractivity contribution in [2.45, 2.75) is 12.6 Å². The van der Waals surface area contributed by atoms with Crippen LogP contribution >= 0.6 is 0 Å². The summed E-state index contributed by atoms with van der Waals surface area (Å²) in [5.74, 6) is -0.812. The third kappa shape index (κ3) is 4.67. The van der Waals surface area contributed by atoms with Crippen molar-refractivity contribution in [3.8, 4) is 0 Å². The second kappa shape index (κ2) is 8.12. The lowest BCUT2D eigenvalue weighted by molar-refractivity contribution is -0.137. The molecule has 2 N–H and O–H groups in total. The molecule has 0 unspecified atom stereocenters. The molecule has 3 rings (SSSR count). The van der Waals surface area contributed by atoms with Crippen LogP contribution in [0, 0.1) is 0 Å². The van der Waals surface area contributed by atoms with Gasteiger partial charge < -0.3 is 15.2 Å². The Morgan fingerprint density at radius 1 is 0.964 bits per heavy atom. The quantitative estimate of drug-likeness (QED) is 0.633. The van der Waals surface area contributed by atoms with Gasteiger partial charge in [0, 0.05) is 24.0 Å². The first kappa shape index (κ1) is 19.4. The molecule has 0 aliphatic carbocycles. The number of amides is 2. The summed E-state index contributed by atoms with van der Waals surface area (Å²) in [6, 6.07) is 11.1. The van der Waals surface area contributed by atoms with Crippen molar-refractivity contribution in [2.75, 3.05) is 13.1 Å². The normalized spacial score (nSPS) is 11.4. The molecule has 146 valence electrons. The molecule has 2 amide bonds. The predicted octanol–water partition coefficient (Wildman–Crippen LogP) is 2.94. The molecule has 0 bridgehead atoms. The number of halogens is 3. The maximum absolute atomic E-state index is 12.5. The summed E-state index contributed by atoms with van der Waals surface area (Å²) in [6.45, 7) is 0.298. The summed E-state index contributed by atoms with van der Waals surface area (Å²) in [5.41, 5.74) is 0.390. The summed E-state index contributed by atoms with van der Waals surface area (Å²) in [5, 5.41) is 9.80. The van der Waals surface area contributed by atoms with E-state index in [2.05, 4.69) is 15.8 Å². The highest BCUT2D eigenvalue weighted by Gasteiger charge is 2.30. The van der Waals surface area contributed by atoms with Gasteiger partial charge in [-0.2, -0.15) is 13.2 Å². The van der Waals surface area contributed by atoms with Gasteiger partial charge in [0.25, 0.3) is 5.91 Å². The number of nitrogens with one attached hydrogen (secondary N) is 2. The lowest BCUT2D eigenvalue weighted by atomic mass is 10.1. The zero-order valence-corrected chi connectivity index (χ0v) is 14.5. The number of hydrogen-bond acceptors (Lipinski definition) is 4. The van der Waals surface area contributed by atoms with E-state index in [1.165, 1.54) is 0 Å². The Morgan fingerprint density at radius 3 is 2.36 bits per heavy atom. The van der Waals surface area contributed by atoms with Crippen molar-refractivity contribution in [1.82, 2.24) is 15.8 Å². The van der Waals surface area contributed by atoms with Crippen LogP contribution < -0.4 is 10.6 Å². The molecule has 1 heterocycles. The Kier molecular flexibility index (Phi) is 5.62. The fourth-order valence-corrected chi connectivity index (χ4v) is 2.57. The number of aromatic nitrogens is 1. The van der Waals surface area contributed by atoms with Gasteiger partial charge in [-0.1, -0.05) is 17.3 Å². The Labute approximate surface area is 157 Å². The van der Waals surface area contributed by atoms with E-state index in [0.717, 1.165) is 29.7 Å². The zero-order chi connectivity index (χ0) is 20.1. The molecule has 0 spiro atoms. The van der Waals surface area contributed by atoms with Gasteiger partial charge in [0.1, 0.15) is 5.69 Å². The van der Waals surface area contributed by atoms with E-state index < -0.39 is 17.6 Å². The molecule has 0 saturated carbocycles. The summed E-state index contributed by atoms with van der Waals surface area (Å²) in [4.78, 5) is 23.9. The molecular formula is C19H16F3N3O3. The van der Waals surface area contributed by atoms with Gasteiger partial charge in [0.2, 0.25) is 5.91 Å². The largest absolute Gasteiger partial charge is 0.416 e. The van der Waals surface area contributed by atoms with Crippen LogP contribution in [-0.2, 0) is 17.4 Å². The molecule has 0 aliphatic heterocycles. The maximum atomic E-state index is 12.5. The maximum Gasteiger partial charge on any atom is 0.416 e. The van der Waals surface area contributed by atoms with Crippen LogP contribution in [0.2, 0.25) is 0 Å². The van der Waals surface area contributed by atoms with Gasteiger partial charge in [0.05, 0.1) is 12.0 Å². The molecule has 6 nitrogen and oxygen atoms in total. The lowest BCUT2D eigenvalue weighted by Crippen LogP contribution is -2.35. The first-order valence-corrected chi connectivity index (χ1v) is 8.40. The molecule has 0 aliphatic rings. The molecule has 0 atom stereocenters. The molecule has 0 fully saturated rings. The van der Waals surface area contributed by atoms with E-state index >= 15 is 0 Å². The number of hydrogen-bond donors (Lipinski definition) is 2. The Morgan fingerprint density at radius 2 is 1.64 bits per heavy atom. The molecule has 9 heteroatoms. The number of benzene rings is 2. The summed E-state index contributed by atoms with van der Waals surface area (Å²) in [7, 11) is 0. The standard InChI is InChI=1S/C19H16F3N3O3/c20-19(21,22)13-7-5-12(6-8-13)18(27)24-10-9-23-17(26)11-15-14-3-1-2-4-16(14)28-25-15/h1-8H,9-11H2,(H,23,26)(H,24,27). The van der Waals surface area contributed by atoms with Crippen LogP contribution in [-0.4, -0.2) is 30.1 Å². The third-order valence-electron chi connectivity index (χ3n) is 3.99. The van der Waals surface area contributed by atoms with Gasteiger partial charge in [0.15, 0.2) is 5.58 Å². The zero-order valence-electron chi connectivity index (χ0n) is 14.5. The van der Waals surface area contributed by atoms with Crippen molar-refractivity contribution < 1.29 is 27.3 Å². The second-order valence-electron chi connectivity index (χ2n) is 5.98. The minimum Gasteiger partial charge on any atom is -0.356 e. The molecule has 3 aromatic rings. The van der Waals surface area contributed by atoms with Gasteiger partial charge in [-0.25, -0.2) is 0 Å². The van der Waals surface area contributed by atoms with Gasteiger partial charge >= 0.3 is 6.18 Å². The highest BCUT2D eigenvalue weighted by molar-refractivity contribution is 5.94. The highest BCUT2D eigenvalue weighted by Crippen LogP contribution is 2.29. The number of carbonyl (C=O) groups is 2. The molecule has 2 aromatic carbocycles. The van der Waals surface area contributed by atoms with E-state index in [0.29, 0.717) is 11.3 Å². The average Bonchev–Trinajstić information content (AvgIpc) is 3.07. The summed E-state index contributed by atoms with van der Waals surface area (Å²) in [6.07, 6.45) is -4.42. The monoisotopic (exact) mass is 391 g/mol. The van der Waals surface area contributed by atoms with Crippen molar-refractivity contribution in [1.29, 1.82) is 0 Å². The van der Waals surface area contributed by atoms with Gasteiger partial charge in [-0.05, 0) is 36.4 Å². The molecule has 1 aromatic heterocycles. The third-order valence-corrected chi connectivity index (χ3v) is 3.99. The first-order valence-electron chi connectivity index (χ1n) is 8.40. The minimum absolute atomic E-state index is 0.0316. The molecular weight excluding hydrogens is 375 g/mol. The molecule has 0 radical (unpaired) electrons. The summed E-state index contributed by atoms with van der Waals surface area (Å²) < 4.78 is 42.7. The number of carbonyl (C=O) groups excluding carboxylic acids is 2. The number of fused-ring (bicyclic) bond motifs is 1. The van der Waals surface area contributed by atoms with Crippen molar-refractivity contribution in [3.63, 3.8) is 0 Å². The van der Waals surface area contributed by atoms with Crippen LogP contribution in [0.5, 0.6) is 0 Å². The Bertz CT molecular complexity index is 981. The molecule has 28 heavy (non-hydrogen) atoms. The Hall–Kier alpha value is -3.36.